The first-order valence-corrected chi connectivity index (χ1v) is 4.86. The van der Waals surface area contributed by atoms with Crippen LogP contribution in [0.15, 0.2) is 30.3 Å². The van der Waals surface area contributed by atoms with E-state index in [0.29, 0.717) is 0 Å². The molecule has 0 heterocycles. The van der Waals surface area contributed by atoms with E-state index < -0.39 is 0 Å². The molecule has 0 saturated carbocycles. The molecule has 0 unspecified atom stereocenters. The average Bonchev–Trinajstić information content (AvgIpc) is 2.19. The van der Waals surface area contributed by atoms with E-state index in [1.807, 2.05) is 30.3 Å². The maximum atomic E-state index is 9.58. The molecule has 1 radical (unpaired) electrons. The van der Waals surface area contributed by atoms with Crippen molar-refractivity contribution in [2.75, 3.05) is 6.54 Å². The SMILES string of the molecule is CCCCC[N+](O)c1ccccc1. The number of hydrogen-bond acceptors (Lipinski definition) is 2. The van der Waals surface area contributed by atoms with Crippen molar-refractivity contribution in [3.63, 3.8) is 0 Å². The van der Waals surface area contributed by atoms with Gasteiger partial charge in [-0.2, -0.15) is 5.21 Å². The maximum absolute atomic E-state index is 9.58. The molecule has 0 atom stereocenters. The Morgan fingerprint density at radius 3 is 2.46 bits per heavy atom. The van der Waals surface area contributed by atoms with E-state index >= 15 is 0 Å². The van der Waals surface area contributed by atoms with Crippen LogP contribution < -0.4 is 5.06 Å². The molecular formula is C11H17NO+. The van der Waals surface area contributed by atoms with E-state index in [1.165, 1.54) is 17.9 Å². The summed E-state index contributed by atoms with van der Waals surface area (Å²) in [5.74, 6) is 0. The Labute approximate surface area is 79.8 Å². The van der Waals surface area contributed by atoms with Gasteiger partial charge in [-0.25, -0.2) is 0 Å². The Morgan fingerprint density at radius 1 is 1.15 bits per heavy atom. The number of hydrogen-bond donors (Lipinski definition) is 1. The lowest BCUT2D eigenvalue weighted by atomic mass is 10.2. The van der Waals surface area contributed by atoms with Crippen molar-refractivity contribution in [3.8, 4) is 0 Å². The number of unbranched alkanes of at least 4 members (excludes halogenated alkanes) is 2. The molecule has 1 aromatic rings. The van der Waals surface area contributed by atoms with E-state index in [0.717, 1.165) is 18.7 Å². The molecule has 13 heavy (non-hydrogen) atoms. The third-order valence-electron chi connectivity index (χ3n) is 2.03. The molecule has 0 saturated heterocycles. The van der Waals surface area contributed by atoms with Crippen LogP contribution in [-0.4, -0.2) is 11.8 Å². The molecule has 71 valence electrons. The zero-order chi connectivity index (χ0) is 9.52. The molecule has 0 fully saturated rings. The third-order valence-corrected chi connectivity index (χ3v) is 2.03. The van der Waals surface area contributed by atoms with E-state index in [2.05, 4.69) is 6.92 Å². The van der Waals surface area contributed by atoms with Gasteiger partial charge in [-0.05, 0) is 6.42 Å². The summed E-state index contributed by atoms with van der Waals surface area (Å²) in [5, 5.41) is 10.9. The van der Waals surface area contributed by atoms with Crippen molar-refractivity contribution < 1.29 is 5.21 Å². The Hall–Kier alpha value is -0.860. The topological polar surface area (TPSA) is 26.1 Å². The van der Waals surface area contributed by atoms with Gasteiger partial charge in [-0.15, -0.1) is 0 Å². The number of nitrogens with zero attached hydrogens (tertiary/aromatic N) is 1. The molecule has 2 heteroatoms. The van der Waals surface area contributed by atoms with Crippen LogP contribution in [0.25, 0.3) is 0 Å². The summed E-state index contributed by atoms with van der Waals surface area (Å²) in [6, 6.07) is 9.62. The van der Waals surface area contributed by atoms with Gasteiger partial charge in [0.2, 0.25) is 5.69 Å². The zero-order valence-electron chi connectivity index (χ0n) is 8.11. The minimum atomic E-state index is 0.720. The maximum Gasteiger partial charge on any atom is 0.219 e. The molecule has 0 aromatic heterocycles. The Morgan fingerprint density at radius 2 is 1.85 bits per heavy atom. The number of benzene rings is 1. The highest BCUT2D eigenvalue weighted by Crippen LogP contribution is 2.10. The minimum Gasteiger partial charge on any atom is -0.156 e. The predicted molar refractivity (Wildman–Crippen MR) is 54.4 cm³/mol. The summed E-state index contributed by atoms with van der Waals surface area (Å²) < 4.78 is 0. The second-order valence-corrected chi connectivity index (χ2v) is 3.17. The summed E-state index contributed by atoms with van der Waals surface area (Å²) in [6.45, 7) is 2.88. The zero-order valence-corrected chi connectivity index (χ0v) is 8.11. The van der Waals surface area contributed by atoms with E-state index in [4.69, 9.17) is 0 Å². The van der Waals surface area contributed by atoms with Crippen LogP contribution in [0.4, 0.5) is 5.69 Å². The monoisotopic (exact) mass is 179 g/mol. The second-order valence-electron chi connectivity index (χ2n) is 3.17. The molecule has 0 aliphatic carbocycles. The predicted octanol–water partition coefficient (Wildman–Crippen LogP) is 3.04. The average molecular weight is 179 g/mol. The summed E-state index contributed by atoms with van der Waals surface area (Å²) in [7, 11) is 0. The molecule has 1 aromatic carbocycles. The smallest absolute Gasteiger partial charge is 0.156 e. The van der Waals surface area contributed by atoms with Gasteiger partial charge in [0.05, 0.1) is 0 Å². The normalized spacial score (nSPS) is 10.7. The first kappa shape index (κ1) is 10.2. The number of rotatable bonds is 5. The fourth-order valence-electron chi connectivity index (χ4n) is 1.24. The number of anilines is 1. The number of hydroxylamine groups is 1. The molecule has 0 spiro atoms. The second kappa shape index (κ2) is 5.73. The van der Waals surface area contributed by atoms with Crippen molar-refractivity contribution in [2.45, 2.75) is 26.2 Å². The molecule has 1 rings (SSSR count). The lowest BCUT2D eigenvalue weighted by Crippen LogP contribution is -2.20. The molecule has 0 aliphatic heterocycles. The van der Waals surface area contributed by atoms with Crippen molar-refractivity contribution >= 4 is 5.69 Å². The molecule has 0 bridgehead atoms. The third kappa shape index (κ3) is 3.57. The van der Waals surface area contributed by atoms with Gasteiger partial charge in [-0.1, -0.05) is 31.5 Å². The van der Waals surface area contributed by atoms with Gasteiger partial charge in [0.1, 0.15) is 0 Å². The first-order chi connectivity index (χ1) is 6.34. The van der Waals surface area contributed by atoms with Gasteiger partial charge in [0, 0.05) is 23.6 Å². The van der Waals surface area contributed by atoms with Crippen molar-refractivity contribution in [3.05, 3.63) is 30.3 Å². The quantitative estimate of drug-likeness (QED) is 0.419. The number of para-hydroxylation sites is 1. The van der Waals surface area contributed by atoms with Crippen LogP contribution >= 0.6 is 0 Å². The van der Waals surface area contributed by atoms with Gasteiger partial charge in [0.25, 0.3) is 0 Å². The Bertz CT molecular complexity index is 223. The fraction of sp³-hybridized carbons (Fsp3) is 0.455. The lowest BCUT2D eigenvalue weighted by Gasteiger charge is -2.00. The summed E-state index contributed by atoms with van der Waals surface area (Å²) in [4.78, 5) is 0. The molecular weight excluding hydrogens is 162 g/mol. The minimum absolute atomic E-state index is 0.720. The highest BCUT2D eigenvalue weighted by molar-refractivity contribution is 5.35. The summed E-state index contributed by atoms with van der Waals surface area (Å²) in [5.41, 5.74) is 0.874. The standard InChI is InChI=1S/C11H17NO/c1-2-3-7-10-12(13)11-8-5-4-6-9-11/h4-6,8-9,13H,2-3,7,10H2,1H3/q+1. The van der Waals surface area contributed by atoms with Crippen molar-refractivity contribution in [2.24, 2.45) is 0 Å². The van der Waals surface area contributed by atoms with Crippen LogP contribution in [0.5, 0.6) is 0 Å². The fourth-order valence-corrected chi connectivity index (χ4v) is 1.24. The van der Waals surface area contributed by atoms with Crippen LogP contribution in [0.1, 0.15) is 26.2 Å². The Balaban J connectivity index is 2.35. The van der Waals surface area contributed by atoms with Gasteiger partial charge in [0.15, 0.2) is 6.54 Å². The van der Waals surface area contributed by atoms with Crippen LogP contribution in [0.3, 0.4) is 0 Å². The highest BCUT2D eigenvalue weighted by Gasteiger charge is 2.13. The van der Waals surface area contributed by atoms with Crippen molar-refractivity contribution in [1.29, 1.82) is 0 Å². The van der Waals surface area contributed by atoms with Crippen LogP contribution in [0, 0.1) is 0 Å². The van der Waals surface area contributed by atoms with Gasteiger partial charge in [-0.3, -0.25) is 0 Å². The van der Waals surface area contributed by atoms with Gasteiger partial charge >= 0.3 is 0 Å². The van der Waals surface area contributed by atoms with Crippen LogP contribution in [-0.2, 0) is 0 Å². The summed E-state index contributed by atoms with van der Waals surface area (Å²) in [6.07, 6.45) is 3.40. The molecule has 1 N–H and O–H groups in total. The summed E-state index contributed by atoms with van der Waals surface area (Å²) >= 11 is 0. The molecule has 2 nitrogen and oxygen atoms in total. The van der Waals surface area contributed by atoms with Gasteiger partial charge < -0.3 is 0 Å². The van der Waals surface area contributed by atoms with E-state index in [-0.39, 0.29) is 0 Å². The first-order valence-electron chi connectivity index (χ1n) is 4.86. The molecule has 0 amide bonds. The van der Waals surface area contributed by atoms with E-state index in [1.54, 1.807) is 0 Å². The highest BCUT2D eigenvalue weighted by atomic mass is 16.5. The molecule has 0 aliphatic rings. The van der Waals surface area contributed by atoms with Crippen LogP contribution in [0.2, 0.25) is 0 Å². The largest absolute Gasteiger partial charge is 0.219 e. The van der Waals surface area contributed by atoms with E-state index in [9.17, 15) is 5.21 Å². The van der Waals surface area contributed by atoms with Crippen molar-refractivity contribution in [1.82, 2.24) is 5.06 Å². The lowest BCUT2D eigenvalue weighted by molar-refractivity contribution is 0.0687. The Kier molecular flexibility index (Phi) is 4.50.